The van der Waals surface area contributed by atoms with Gasteiger partial charge in [0.15, 0.2) is 0 Å². The molecular weight excluding hydrogens is 182 g/mol. The molecule has 1 heteroatoms. The molecule has 0 spiro atoms. The Hall–Kier alpha value is -1.29. The van der Waals surface area contributed by atoms with Crippen molar-refractivity contribution in [2.75, 3.05) is 0 Å². The van der Waals surface area contributed by atoms with Crippen molar-refractivity contribution in [2.45, 2.75) is 39.0 Å². The highest BCUT2D eigenvalue weighted by Gasteiger charge is 2.18. The van der Waals surface area contributed by atoms with Gasteiger partial charge in [-0.1, -0.05) is 32.0 Å². The topological polar surface area (TPSA) is 23.8 Å². The van der Waals surface area contributed by atoms with E-state index in [0.29, 0.717) is 5.92 Å². The van der Waals surface area contributed by atoms with Crippen molar-refractivity contribution in [1.29, 1.82) is 5.26 Å². The molecular formula is C14H17N. The summed E-state index contributed by atoms with van der Waals surface area (Å²) in [6.07, 6.45) is 3.06. The monoisotopic (exact) mass is 199 g/mol. The summed E-state index contributed by atoms with van der Waals surface area (Å²) < 4.78 is 0. The minimum atomic E-state index is 0.238. The number of benzene rings is 1. The van der Waals surface area contributed by atoms with Crippen molar-refractivity contribution < 1.29 is 0 Å². The van der Waals surface area contributed by atoms with Gasteiger partial charge in [-0.05, 0) is 41.9 Å². The highest BCUT2D eigenvalue weighted by Crippen LogP contribution is 2.27. The number of hydrogen-bond donors (Lipinski definition) is 0. The molecule has 0 saturated carbocycles. The number of nitrogens with zero attached hydrogens (tertiary/aromatic N) is 1. The van der Waals surface area contributed by atoms with Crippen LogP contribution in [0.3, 0.4) is 0 Å². The van der Waals surface area contributed by atoms with E-state index in [1.54, 1.807) is 0 Å². The van der Waals surface area contributed by atoms with Gasteiger partial charge in [0, 0.05) is 0 Å². The third kappa shape index (κ3) is 2.04. The van der Waals surface area contributed by atoms with Crippen LogP contribution in [0.15, 0.2) is 18.2 Å². The molecule has 1 unspecified atom stereocenters. The molecule has 1 nitrogen and oxygen atoms in total. The lowest BCUT2D eigenvalue weighted by molar-refractivity contribution is 0.563. The molecule has 0 aromatic heterocycles. The lowest BCUT2D eigenvalue weighted by Gasteiger charge is -2.21. The Balaban J connectivity index is 2.29. The van der Waals surface area contributed by atoms with Crippen molar-refractivity contribution >= 4 is 0 Å². The van der Waals surface area contributed by atoms with Crippen LogP contribution in [0.5, 0.6) is 0 Å². The van der Waals surface area contributed by atoms with E-state index in [9.17, 15) is 0 Å². The fourth-order valence-electron chi connectivity index (χ4n) is 2.24. The number of nitriles is 1. The summed E-state index contributed by atoms with van der Waals surface area (Å²) in [7, 11) is 0. The summed E-state index contributed by atoms with van der Waals surface area (Å²) in [5.41, 5.74) is 4.27. The van der Waals surface area contributed by atoms with Gasteiger partial charge in [0.2, 0.25) is 0 Å². The summed E-state index contributed by atoms with van der Waals surface area (Å²) in [5.74, 6) is 0.839. The molecule has 0 saturated heterocycles. The second kappa shape index (κ2) is 4.06. The van der Waals surface area contributed by atoms with Crippen LogP contribution in [-0.4, -0.2) is 0 Å². The number of aryl methyl sites for hydroxylation is 1. The maximum absolute atomic E-state index is 8.91. The standard InChI is InChI=1S/C14H17N/c1-10(2)12-5-6-13-7-11(9-15)3-4-14(13)8-12/h5-6,8,10-11H,3-4,7H2,1-2H3. The zero-order valence-electron chi connectivity index (χ0n) is 9.46. The smallest absolute Gasteiger partial charge is 0.0659 e. The second-order valence-corrected chi connectivity index (χ2v) is 4.75. The molecule has 0 heterocycles. The van der Waals surface area contributed by atoms with E-state index < -0.39 is 0 Å². The first-order valence-corrected chi connectivity index (χ1v) is 5.72. The molecule has 1 atom stereocenters. The largest absolute Gasteiger partial charge is 0.198 e. The summed E-state index contributed by atoms with van der Waals surface area (Å²) >= 11 is 0. The van der Waals surface area contributed by atoms with Crippen molar-refractivity contribution in [3.8, 4) is 6.07 Å². The van der Waals surface area contributed by atoms with Crippen molar-refractivity contribution in [3.63, 3.8) is 0 Å². The zero-order chi connectivity index (χ0) is 10.8. The van der Waals surface area contributed by atoms with Gasteiger partial charge in [0.1, 0.15) is 0 Å². The molecule has 15 heavy (non-hydrogen) atoms. The zero-order valence-corrected chi connectivity index (χ0v) is 9.46. The fourth-order valence-corrected chi connectivity index (χ4v) is 2.24. The number of hydrogen-bond acceptors (Lipinski definition) is 1. The highest BCUT2D eigenvalue weighted by atomic mass is 14.3. The lowest BCUT2D eigenvalue weighted by Crippen LogP contribution is -2.12. The Kier molecular flexibility index (Phi) is 2.77. The van der Waals surface area contributed by atoms with Crippen molar-refractivity contribution in [2.24, 2.45) is 5.92 Å². The maximum Gasteiger partial charge on any atom is 0.0659 e. The van der Waals surface area contributed by atoms with Crippen LogP contribution in [0.25, 0.3) is 0 Å². The Labute approximate surface area is 91.7 Å². The Morgan fingerprint density at radius 3 is 2.80 bits per heavy atom. The van der Waals surface area contributed by atoms with Gasteiger partial charge in [-0.25, -0.2) is 0 Å². The minimum Gasteiger partial charge on any atom is -0.198 e. The Morgan fingerprint density at radius 2 is 2.13 bits per heavy atom. The normalized spacial score (nSPS) is 19.7. The molecule has 2 rings (SSSR count). The maximum atomic E-state index is 8.91. The average molecular weight is 199 g/mol. The summed E-state index contributed by atoms with van der Waals surface area (Å²) in [5, 5.41) is 8.91. The van der Waals surface area contributed by atoms with Crippen molar-refractivity contribution in [1.82, 2.24) is 0 Å². The molecule has 1 aliphatic rings. The number of rotatable bonds is 1. The Morgan fingerprint density at radius 1 is 1.33 bits per heavy atom. The number of fused-ring (bicyclic) bond motifs is 1. The second-order valence-electron chi connectivity index (χ2n) is 4.75. The van der Waals surface area contributed by atoms with Crippen LogP contribution in [0.4, 0.5) is 0 Å². The van der Waals surface area contributed by atoms with Crippen LogP contribution < -0.4 is 0 Å². The van der Waals surface area contributed by atoms with Gasteiger partial charge in [-0.15, -0.1) is 0 Å². The molecule has 0 N–H and O–H groups in total. The van der Waals surface area contributed by atoms with Crippen molar-refractivity contribution in [3.05, 3.63) is 34.9 Å². The SMILES string of the molecule is CC(C)c1ccc2c(c1)CCC(C#N)C2. The molecule has 0 radical (unpaired) electrons. The first kappa shape index (κ1) is 10.2. The summed E-state index contributed by atoms with van der Waals surface area (Å²) in [6.45, 7) is 4.45. The van der Waals surface area contributed by atoms with Crippen LogP contribution >= 0.6 is 0 Å². The summed E-state index contributed by atoms with van der Waals surface area (Å²) in [6, 6.07) is 9.14. The molecule has 1 aromatic rings. The van der Waals surface area contributed by atoms with E-state index in [1.165, 1.54) is 16.7 Å². The van der Waals surface area contributed by atoms with E-state index in [1.807, 2.05) is 0 Å². The van der Waals surface area contributed by atoms with Crippen LogP contribution in [0, 0.1) is 17.2 Å². The van der Waals surface area contributed by atoms with Gasteiger partial charge in [0.05, 0.1) is 12.0 Å². The van der Waals surface area contributed by atoms with E-state index in [0.717, 1.165) is 19.3 Å². The summed E-state index contributed by atoms with van der Waals surface area (Å²) in [4.78, 5) is 0. The molecule has 0 bridgehead atoms. The van der Waals surface area contributed by atoms with Gasteiger partial charge in [0.25, 0.3) is 0 Å². The molecule has 1 aromatic carbocycles. The molecule has 0 fully saturated rings. The van der Waals surface area contributed by atoms with E-state index in [4.69, 9.17) is 5.26 Å². The van der Waals surface area contributed by atoms with Crippen LogP contribution in [0.2, 0.25) is 0 Å². The quantitative estimate of drug-likeness (QED) is 0.679. The molecule has 0 amide bonds. The first-order chi connectivity index (χ1) is 7.20. The van der Waals surface area contributed by atoms with E-state index in [-0.39, 0.29) is 5.92 Å². The molecule has 0 aliphatic heterocycles. The molecule has 78 valence electrons. The predicted octanol–water partition coefficient (Wildman–Crippen LogP) is 3.44. The average Bonchev–Trinajstić information content (AvgIpc) is 2.27. The van der Waals surface area contributed by atoms with Crippen LogP contribution in [0.1, 0.15) is 42.9 Å². The van der Waals surface area contributed by atoms with Gasteiger partial charge >= 0.3 is 0 Å². The molecule has 1 aliphatic carbocycles. The van der Waals surface area contributed by atoms with Gasteiger partial charge < -0.3 is 0 Å². The minimum absolute atomic E-state index is 0.238. The third-order valence-corrected chi connectivity index (χ3v) is 3.31. The van der Waals surface area contributed by atoms with Gasteiger partial charge in [-0.2, -0.15) is 5.26 Å². The van der Waals surface area contributed by atoms with E-state index in [2.05, 4.69) is 38.1 Å². The van der Waals surface area contributed by atoms with E-state index >= 15 is 0 Å². The highest BCUT2D eigenvalue weighted by molar-refractivity contribution is 5.36. The first-order valence-electron chi connectivity index (χ1n) is 5.72. The lowest BCUT2D eigenvalue weighted by atomic mass is 9.83. The fraction of sp³-hybridized carbons (Fsp3) is 0.500. The van der Waals surface area contributed by atoms with Gasteiger partial charge in [-0.3, -0.25) is 0 Å². The Bertz CT molecular complexity index is 398. The third-order valence-electron chi connectivity index (χ3n) is 3.31. The van der Waals surface area contributed by atoms with Crippen LogP contribution in [-0.2, 0) is 12.8 Å². The predicted molar refractivity (Wildman–Crippen MR) is 61.7 cm³/mol.